The van der Waals surface area contributed by atoms with Gasteiger partial charge < -0.3 is 14.8 Å². The van der Waals surface area contributed by atoms with Crippen LogP contribution >= 0.6 is 0 Å². The molecule has 22 heavy (non-hydrogen) atoms. The normalized spacial score (nSPS) is 26.8. The van der Waals surface area contributed by atoms with E-state index >= 15 is 0 Å². The highest BCUT2D eigenvalue weighted by Crippen LogP contribution is 2.13. The van der Waals surface area contributed by atoms with Crippen LogP contribution in [0.5, 0.6) is 0 Å². The molecule has 1 N–H and O–H groups in total. The average molecular weight is 308 g/mol. The summed E-state index contributed by atoms with van der Waals surface area (Å²) in [6.07, 6.45) is 5.60. The first-order chi connectivity index (χ1) is 10.7. The fraction of sp³-hybridized carbons (Fsp3) is 0.733. The van der Waals surface area contributed by atoms with Gasteiger partial charge in [-0.1, -0.05) is 0 Å². The number of carbonyl (C=O) groups excluding carboxylic acids is 1. The van der Waals surface area contributed by atoms with Crippen LogP contribution in [0.25, 0.3) is 0 Å². The first kappa shape index (κ1) is 15.5. The van der Waals surface area contributed by atoms with Gasteiger partial charge in [0.15, 0.2) is 0 Å². The maximum atomic E-state index is 12.2. The van der Waals surface area contributed by atoms with Crippen LogP contribution < -0.4 is 5.32 Å². The van der Waals surface area contributed by atoms with Crippen molar-refractivity contribution in [3.05, 3.63) is 18.0 Å². The van der Waals surface area contributed by atoms with Crippen molar-refractivity contribution >= 4 is 5.91 Å². The van der Waals surface area contributed by atoms with Crippen molar-refractivity contribution in [2.24, 2.45) is 7.05 Å². The van der Waals surface area contributed by atoms with Crippen molar-refractivity contribution in [2.45, 2.75) is 25.0 Å². The maximum Gasteiger partial charge on any atom is 0.254 e. The number of ether oxygens (including phenoxy) is 2. The fourth-order valence-electron chi connectivity index (χ4n) is 3.08. The van der Waals surface area contributed by atoms with Crippen LogP contribution in [0.4, 0.5) is 0 Å². The zero-order valence-corrected chi connectivity index (χ0v) is 13.0. The quantitative estimate of drug-likeness (QED) is 0.850. The summed E-state index contributed by atoms with van der Waals surface area (Å²) >= 11 is 0. The van der Waals surface area contributed by atoms with E-state index in [1.165, 1.54) is 0 Å². The molecule has 2 saturated heterocycles. The summed E-state index contributed by atoms with van der Waals surface area (Å²) in [7, 11) is 1.81. The number of rotatable bonds is 4. The van der Waals surface area contributed by atoms with Gasteiger partial charge in [-0.25, -0.2) is 0 Å². The number of carbonyl (C=O) groups is 1. The van der Waals surface area contributed by atoms with E-state index in [0.29, 0.717) is 25.4 Å². The first-order valence-corrected chi connectivity index (χ1v) is 7.92. The molecule has 0 spiro atoms. The Kier molecular flexibility index (Phi) is 5.07. The summed E-state index contributed by atoms with van der Waals surface area (Å²) < 4.78 is 12.8. The first-order valence-electron chi connectivity index (χ1n) is 7.92. The van der Waals surface area contributed by atoms with Crippen LogP contribution in [0.1, 0.15) is 23.2 Å². The molecular weight excluding hydrogens is 284 g/mol. The molecule has 7 nitrogen and oxygen atoms in total. The number of hydrogen-bond acceptors (Lipinski definition) is 5. The van der Waals surface area contributed by atoms with Gasteiger partial charge >= 0.3 is 0 Å². The number of hydrogen-bond donors (Lipinski definition) is 1. The Morgan fingerprint density at radius 2 is 2.41 bits per heavy atom. The Hall–Kier alpha value is -1.44. The molecule has 0 aromatic carbocycles. The van der Waals surface area contributed by atoms with Crippen LogP contribution in [0.3, 0.4) is 0 Å². The lowest BCUT2D eigenvalue weighted by Crippen LogP contribution is -2.50. The molecule has 2 aliphatic heterocycles. The Morgan fingerprint density at radius 3 is 3.14 bits per heavy atom. The molecule has 3 heterocycles. The van der Waals surface area contributed by atoms with Crippen LogP contribution in [0.2, 0.25) is 0 Å². The summed E-state index contributed by atoms with van der Waals surface area (Å²) in [5, 5.41) is 7.15. The predicted octanol–water partition coefficient (Wildman–Crippen LogP) is 0.0297. The Bertz CT molecular complexity index is 499. The van der Waals surface area contributed by atoms with E-state index < -0.39 is 0 Å². The average Bonchev–Trinajstić information content (AvgIpc) is 2.95. The highest BCUT2D eigenvalue weighted by molar-refractivity contribution is 5.93. The summed E-state index contributed by atoms with van der Waals surface area (Å²) in [5.74, 6) is -0.0443. The molecule has 0 bridgehead atoms. The minimum atomic E-state index is -0.0443. The molecule has 0 radical (unpaired) electrons. The second-order valence-corrected chi connectivity index (χ2v) is 6.04. The number of aryl methyl sites for hydroxylation is 1. The molecule has 1 amide bonds. The zero-order valence-electron chi connectivity index (χ0n) is 13.0. The van der Waals surface area contributed by atoms with Crippen LogP contribution in [-0.4, -0.2) is 72.2 Å². The van der Waals surface area contributed by atoms with E-state index in [-0.39, 0.29) is 18.1 Å². The van der Waals surface area contributed by atoms with E-state index in [4.69, 9.17) is 9.47 Å². The minimum absolute atomic E-state index is 0.0443. The number of piperidine rings is 1. The third kappa shape index (κ3) is 4.06. The van der Waals surface area contributed by atoms with E-state index in [0.717, 1.165) is 32.5 Å². The number of nitrogens with one attached hydrogen (secondary N) is 1. The third-order valence-electron chi connectivity index (χ3n) is 4.15. The fourth-order valence-corrected chi connectivity index (χ4v) is 3.08. The summed E-state index contributed by atoms with van der Waals surface area (Å²) in [5.41, 5.74) is 0.614. The lowest BCUT2D eigenvalue weighted by Gasteiger charge is -2.36. The van der Waals surface area contributed by atoms with Crippen molar-refractivity contribution in [3.8, 4) is 0 Å². The van der Waals surface area contributed by atoms with Gasteiger partial charge in [-0.3, -0.25) is 14.4 Å². The Labute approximate surface area is 130 Å². The maximum absolute atomic E-state index is 12.2. The number of aromatic nitrogens is 2. The smallest absolute Gasteiger partial charge is 0.254 e. The van der Waals surface area contributed by atoms with Crippen LogP contribution in [0.15, 0.2) is 12.4 Å². The van der Waals surface area contributed by atoms with E-state index in [2.05, 4.69) is 15.3 Å². The summed E-state index contributed by atoms with van der Waals surface area (Å²) in [6.45, 7) is 4.84. The molecular formula is C15H24N4O3. The van der Waals surface area contributed by atoms with Gasteiger partial charge in [0.25, 0.3) is 5.91 Å². The van der Waals surface area contributed by atoms with Gasteiger partial charge in [-0.05, 0) is 19.4 Å². The van der Waals surface area contributed by atoms with Gasteiger partial charge in [0.05, 0.1) is 37.7 Å². The topological polar surface area (TPSA) is 68.6 Å². The minimum Gasteiger partial charge on any atom is -0.376 e. The second-order valence-electron chi connectivity index (χ2n) is 6.04. The SMILES string of the molecule is Cn1cc(C(=O)NC2CCCN(CC3COCCO3)C2)cn1. The molecule has 122 valence electrons. The molecule has 0 saturated carbocycles. The molecule has 3 rings (SSSR count). The molecule has 2 fully saturated rings. The van der Waals surface area contributed by atoms with Crippen molar-refractivity contribution < 1.29 is 14.3 Å². The molecule has 2 aliphatic rings. The third-order valence-corrected chi connectivity index (χ3v) is 4.15. The number of amides is 1. The van der Waals surface area contributed by atoms with Gasteiger partial charge in [-0.2, -0.15) is 5.10 Å². The predicted molar refractivity (Wildman–Crippen MR) is 80.7 cm³/mol. The van der Waals surface area contributed by atoms with Gasteiger partial charge in [0, 0.05) is 32.4 Å². The summed E-state index contributed by atoms with van der Waals surface area (Å²) in [4.78, 5) is 14.6. The molecule has 7 heteroatoms. The molecule has 1 aromatic rings. The van der Waals surface area contributed by atoms with E-state index in [9.17, 15) is 4.79 Å². The number of nitrogens with zero attached hydrogens (tertiary/aromatic N) is 3. The molecule has 0 aliphatic carbocycles. The van der Waals surface area contributed by atoms with Crippen molar-refractivity contribution in [2.75, 3.05) is 39.5 Å². The number of likely N-dealkylation sites (tertiary alicyclic amines) is 1. The standard InChI is InChI=1S/C15H24N4O3/c1-18-8-12(7-16-18)15(20)17-13-3-2-4-19(9-13)10-14-11-21-5-6-22-14/h7-8,13-14H,2-6,9-11H2,1H3,(H,17,20). The Morgan fingerprint density at radius 1 is 1.50 bits per heavy atom. The summed E-state index contributed by atoms with van der Waals surface area (Å²) in [6, 6.07) is 0.186. The Balaban J connectivity index is 1.48. The lowest BCUT2D eigenvalue weighted by molar-refractivity contribution is -0.0991. The van der Waals surface area contributed by atoms with Crippen molar-refractivity contribution in [1.29, 1.82) is 0 Å². The highest BCUT2D eigenvalue weighted by Gasteiger charge is 2.25. The monoisotopic (exact) mass is 308 g/mol. The highest BCUT2D eigenvalue weighted by atomic mass is 16.6. The van der Waals surface area contributed by atoms with E-state index in [1.807, 2.05) is 7.05 Å². The van der Waals surface area contributed by atoms with Crippen LogP contribution in [0, 0.1) is 0 Å². The van der Waals surface area contributed by atoms with E-state index in [1.54, 1.807) is 17.1 Å². The van der Waals surface area contributed by atoms with Crippen molar-refractivity contribution in [1.82, 2.24) is 20.0 Å². The van der Waals surface area contributed by atoms with Crippen LogP contribution in [-0.2, 0) is 16.5 Å². The largest absolute Gasteiger partial charge is 0.376 e. The lowest BCUT2D eigenvalue weighted by atomic mass is 10.0. The van der Waals surface area contributed by atoms with Gasteiger partial charge in [0.1, 0.15) is 0 Å². The van der Waals surface area contributed by atoms with Gasteiger partial charge in [-0.15, -0.1) is 0 Å². The molecule has 2 atom stereocenters. The van der Waals surface area contributed by atoms with Gasteiger partial charge in [0.2, 0.25) is 0 Å². The zero-order chi connectivity index (χ0) is 15.4. The molecule has 1 aromatic heterocycles. The molecule has 2 unspecified atom stereocenters. The second kappa shape index (κ2) is 7.21. The van der Waals surface area contributed by atoms with Crippen molar-refractivity contribution in [3.63, 3.8) is 0 Å².